The van der Waals surface area contributed by atoms with Crippen molar-refractivity contribution in [2.75, 3.05) is 7.11 Å². The topological polar surface area (TPSA) is 238 Å². The van der Waals surface area contributed by atoms with Crippen LogP contribution in [0.2, 0.25) is 25.1 Å². The lowest BCUT2D eigenvalue weighted by Gasteiger charge is -2.06. The highest BCUT2D eigenvalue weighted by molar-refractivity contribution is 6.41. The average molecular weight is 1730 g/mol. The van der Waals surface area contributed by atoms with Crippen molar-refractivity contribution in [3.63, 3.8) is 0 Å². The molecule has 1 N–H and O–H groups in total. The lowest BCUT2D eigenvalue weighted by molar-refractivity contribution is 0.415. The van der Waals surface area contributed by atoms with Gasteiger partial charge in [0, 0.05) is 83.8 Å². The number of H-pyrrole nitrogens is 1. The van der Waals surface area contributed by atoms with Crippen molar-refractivity contribution < 1.29 is 9.13 Å². The third kappa shape index (κ3) is 18.6. The molecular weight excluding hydrogens is 1650 g/mol. The molecule has 0 amide bonds. The van der Waals surface area contributed by atoms with E-state index < -0.39 is 0 Å². The number of rotatable bonds is 11. The summed E-state index contributed by atoms with van der Waals surface area (Å²) in [5.41, 5.74) is 20.6. The standard InChI is InChI=1S/C19H15ClN4O.C19H15ClN4.C18H12ClFN4.C18H13ClN4.C17H11ClN4.5CH4/c1-24-19-15(17(23-24)12-6-4-3-5-7-12)16(20)18(21-22-19)13-8-10-14(25-2)11-9-13;1-12-8-10-14(11-9-12)18-16(20)15-17(13-6-4-3-5-7-13)23-24(2)19(15)22-21-18;1-24-18-14(16(23-24)11-6-3-2-4-7-11)15(19)17(21-22-18)12-8-5-9-13(20)10-12;1-23-18-14(16(22-23)12-8-4-2-5-9-12)15(19)17(20-21-18)13-10-6-3-7-11-13;18-14-13-15(11-7-3-1-4-8-11)19-21-17(13)22-20-16(14)12-9-5-2-6-10-12;;;;;/h3-11H,1-2H3;3-11H,1-2H3;2-10H,1H3;2-11H,1H3;1-10H,(H,19,21,22);5*1H4. The van der Waals surface area contributed by atoms with Crippen molar-refractivity contribution in [1.82, 2.24) is 100 Å². The van der Waals surface area contributed by atoms with E-state index in [-0.39, 0.29) is 43.0 Å². The maximum atomic E-state index is 13.5. The number of benzene rings is 10. The number of nitrogens with one attached hydrogen (secondary N) is 1. The summed E-state index contributed by atoms with van der Waals surface area (Å²) in [5, 5.41) is 75.0. The van der Waals surface area contributed by atoms with Crippen LogP contribution < -0.4 is 4.74 Å². The quantitative estimate of drug-likeness (QED) is 0.127. The number of aromatic nitrogens is 20. The summed E-state index contributed by atoms with van der Waals surface area (Å²) in [7, 11) is 8.97. The molecule has 0 aliphatic heterocycles. The molecule has 27 heteroatoms. The number of aryl methyl sites for hydroxylation is 5. The molecular formula is C96H86Cl5FN20O. The molecule has 0 unspecified atom stereocenters. The van der Waals surface area contributed by atoms with Gasteiger partial charge in [-0.3, -0.25) is 5.10 Å². The highest BCUT2D eigenvalue weighted by Crippen LogP contribution is 2.43. The molecule has 0 aliphatic carbocycles. The first-order valence-corrected chi connectivity index (χ1v) is 38.8. The fourth-order valence-corrected chi connectivity index (χ4v) is 15.1. The molecule has 20 aromatic rings. The number of halogens is 6. The third-order valence-electron chi connectivity index (χ3n) is 19.3. The van der Waals surface area contributed by atoms with Gasteiger partial charge in [0.2, 0.25) is 0 Å². The molecule has 0 saturated carbocycles. The SMILES string of the molecule is C.C.C.C.C.COc1ccc(-c2nnc3c(c(-c4ccccc4)nn3C)c2Cl)cc1.Cc1ccc(-c2nnc3c(c(-c4ccccc4)nn3C)c2Cl)cc1.Clc1c(-c2ccccc2)nnc2[nH]nc(-c3ccccc3)c12.Cn1nc(-c2ccccc2)c2c(Cl)c(-c3cccc(F)c3)nnc21.Cn1nc(-c2ccccc2)c2c(Cl)c(-c3ccccc3)nnc21. The highest BCUT2D eigenvalue weighted by Gasteiger charge is 2.26. The highest BCUT2D eigenvalue weighted by atomic mass is 35.5. The molecule has 0 fully saturated rings. The van der Waals surface area contributed by atoms with Gasteiger partial charge in [-0.25, -0.2) is 23.1 Å². The molecule has 0 saturated heterocycles. The minimum atomic E-state index is -0.347. The predicted octanol–water partition coefficient (Wildman–Crippen LogP) is 25.4. The Morgan fingerprint density at radius 3 is 0.805 bits per heavy atom. The number of hydrogen-bond donors (Lipinski definition) is 1. The van der Waals surface area contributed by atoms with Gasteiger partial charge < -0.3 is 4.74 Å². The molecule has 618 valence electrons. The van der Waals surface area contributed by atoms with Gasteiger partial charge in [0.15, 0.2) is 28.2 Å². The third-order valence-corrected chi connectivity index (χ3v) is 21.1. The van der Waals surface area contributed by atoms with Crippen molar-refractivity contribution >= 4 is 113 Å². The summed E-state index contributed by atoms with van der Waals surface area (Å²) in [6, 6.07) is 90.9. The van der Waals surface area contributed by atoms with Crippen LogP contribution in [0.3, 0.4) is 0 Å². The molecule has 0 radical (unpaired) electrons. The molecule has 10 aromatic heterocycles. The minimum Gasteiger partial charge on any atom is -0.497 e. The number of fused-ring (bicyclic) bond motifs is 5. The van der Waals surface area contributed by atoms with Gasteiger partial charge in [0.05, 0.1) is 59.2 Å². The summed E-state index contributed by atoms with van der Waals surface area (Å²) in [4.78, 5) is 0. The van der Waals surface area contributed by atoms with Crippen LogP contribution in [-0.2, 0) is 28.2 Å². The Labute approximate surface area is 736 Å². The maximum Gasteiger partial charge on any atom is 0.182 e. The van der Waals surface area contributed by atoms with Gasteiger partial charge in [-0.15, -0.1) is 51.0 Å². The zero-order chi connectivity index (χ0) is 81.5. The lowest BCUT2D eigenvalue weighted by atomic mass is 10.1. The molecule has 10 aromatic carbocycles. The Morgan fingerprint density at radius 1 is 0.268 bits per heavy atom. The molecule has 0 atom stereocenters. The van der Waals surface area contributed by atoms with Crippen LogP contribution in [0.4, 0.5) is 4.39 Å². The Balaban J connectivity index is 0.000000148. The van der Waals surface area contributed by atoms with Gasteiger partial charge in [-0.1, -0.05) is 349 Å². The van der Waals surface area contributed by atoms with Gasteiger partial charge in [-0.2, -0.15) is 25.5 Å². The van der Waals surface area contributed by atoms with Crippen molar-refractivity contribution in [1.29, 1.82) is 0 Å². The second-order valence-electron chi connectivity index (χ2n) is 27.0. The largest absolute Gasteiger partial charge is 0.497 e. The number of nitrogens with zero attached hydrogens (tertiary/aromatic N) is 19. The van der Waals surface area contributed by atoms with E-state index >= 15 is 0 Å². The second kappa shape index (κ2) is 40.0. The zero-order valence-corrected chi connectivity index (χ0v) is 67.6. The summed E-state index contributed by atoms with van der Waals surface area (Å²) < 4.78 is 25.5. The normalized spacial score (nSPS) is 10.6. The Hall–Kier alpha value is -13.9. The summed E-state index contributed by atoms with van der Waals surface area (Å²) in [5.74, 6) is 0.431. The average Bonchev–Trinajstić information content (AvgIpc) is 1.72. The lowest BCUT2D eigenvalue weighted by Crippen LogP contribution is -1.96. The Morgan fingerprint density at radius 2 is 0.512 bits per heavy atom. The second-order valence-corrected chi connectivity index (χ2v) is 28.8. The first-order chi connectivity index (χ1) is 57.6. The van der Waals surface area contributed by atoms with Crippen molar-refractivity contribution in [2.24, 2.45) is 28.2 Å². The number of aromatic amines is 1. The van der Waals surface area contributed by atoms with Gasteiger partial charge in [0.25, 0.3) is 0 Å². The van der Waals surface area contributed by atoms with Crippen molar-refractivity contribution in [3.8, 4) is 118 Å². The maximum absolute atomic E-state index is 13.5. The van der Waals surface area contributed by atoms with Gasteiger partial charge >= 0.3 is 0 Å². The molecule has 20 rings (SSSR count). The summed E-state index contributed by atoms with van der Waals surface area (Å²) in [6.07, 6.45) is 0. The van der Waals surface area contributed by atoms with E-state index in [1.165, 1.54) is 17.7 Å². The Bertz CT molecular complexity index is 6970. The van der Waals surface area contributed by atoms with Crippen molar-refractivity contribution in [3.05, 3.63) is 322 Å². The van der Waals surface area contributed by atoms with E-state index in [9.17, 15) is 4.39 Å². The van der Waals surface area contributed by atoms with Crippen molar-refractivity contribution in [2.45, 2.75) is 44.1 Å². The number of ether oxygens (including phenoxy) is 1. The number of methoxy groups -OCH3 is 1. The predicted molar refractivity (Wildman–Crippen MR) is 501 cm³/mol. The van der Waals surface area contributed by atoms with E-state index in [2.05, 4.69) is 88.5 Å². The van der Waals surface area contributed by atoms with Gasteiger partial charge in [-0.05, 0) is 43.3 Å². The Kier molecular flexibility index (Phi) is 29.2. The smallest absolute Gasteiger partial charge is 0.182 e. The molecule has 0 bridgehead atoms. The van der Waals surface area contributed by atoms with E-state index in [0.29, 0.717) is 92.8 Å². The fraction of sp³-hybridized carbons (Fsp3) is 0.115. The zero-order valence-electron chi connectivity index (χ0n) is 63.8. The van der Waals surface area contributed by atoms with Crippen LogP contribution in [0.25, 0.3) is 168 Å². The molecule has 123 heavy (non-hydrogen) atoms. The van der Waals surface area contributed by atoms with E-state index in [1.54, 1.807) is 45.0 Å². The van der Waals surface area contributed by atoms with E-state index in [0.717, 1.165) is 106 Å². The van der Waals surface area contributed by atoms with Crippen LogP contribution >= 0.6 is 58.0 Å². The molecule has 21 nitrogen and oxygen atoms in total. The first-order valence-electron chi connectivity index (χ1n) is 36.9. The van der Waals surface area contributed by atoms with Crippen LogP contribution in [0.15, 0.2) is 285 Å². The fourth-order valence-electron chi connectivity index (χ4n) is 13.4. The molecule has 10 heterocycles. The molecule has 0 spiro atoms. The van der Waals surface area contributed by atoms with E-state index in [4.69, 9.17) is 62.7 Å². The van der Waals surface area contributed by atoms with Crippen LogP contribution in [0.1, 0.15) is 42.7 Å². The summed E-state index contributed by atoms with van der Waals surface area (Å²) in [6.45, 7) is 2.05. The van der Waals surface area contributed by atoms with Crippen LogP contribution in [0, 0.1) is 12.7 Å². The number of hydrogen-bond acceptors (Lipinski definition) is 16. The molecule has 0 aliphatic rings. The monoisotopic (exact) mass is 1730 g/mol. The van der Waals surface area contributed by atoms with Crippen LogP contribution in [0.5, 0.6) is 5.75 Å². The first kappa shape index (κ1) is 89.9. The van der Waals surface area contributed by atoms with E-state index in [1.807, 2.05) is 282 Å². The van der Waals surface area contributed by atoms with Gasteiger partial charge in [0.1, 0.15) is 68.5 Å². The summed E-state index contributed by atoms with van der Waals surface area (Å²) >= 11 is 33.4. The van der Waals surface area contributed by atoms with Crippen LogP contribution in [-0.4, -0.2) is 107 Å². The minimum absolute atomic E-state index is 0.